The summed E-state index contributed by atoms with van der Waals surface area (Å²) in [7, 11) is 0. The first kappa shape index (κ1) is 26.9. The van der Waals surface area contributed by atoms with Gasteiger partial charge in [0.05, 0.1) is 19.3 Å². The van der Waals surface area contributed by atoms with E-state index in [0.717, 1.165) is 37.9 Å². The molecule has 182 valence electrons. The Kier molecular flexibility index (Phi) is 10.9. The number of aliphatic hydroxyl groups excluding tert-OH is 1. The summed E-state index contributed by atoms with van der Waals surface area (Å²) in [5.41, 5.74) is 0.985. The zero-order valence-electron chi connectivity index (χ0n) is 20.3. The summed E-state index contributed by atoms with van der Waals surface area (Å²) >= 11 is 0. The van der Waals surface area contributed by atoms with Gasteiger partial charge in [0, 0.05) is 5.41 Å². The number of ether oxygens (including phenoxy) is 2. The number of carboxylic acid groups (broad SMARTS) is 1. The molecule has 2 N–H and O–H groups in total. The number of allylic oxidation sites excluding steroid dienone is 4. The highest BCUT2D eigenvalue weighted by Crippen LogP contribution is 2.41. The van der Waals surface area contributed by atoms with Crippen molar-refractivity contribution in [2.75, 3.05) is 19.8 Å². The van der Waals surface area contributed by atoms with E-state index in [0.29, 0.717) is 13.2 Å². The number of carboxylic acids is 1. The number of para-hydroxylation sites is 1. The van der Waals surface area contributed by atoms with Gasteiger partial charge in [-0.1, -0.05) is 81.3 Å². The van der Waals surface area contributed by atoms with Crippen LogP contribution in [0.15, 0.2) is 66.3 Å². The van der Waals surface area contributed by atoms with Crippen LogP contribution in [0.3, 0.4) is 0 Å². The molecule has 1 aliphatic carbocycles. The minimum atomic E-state index is -0.949. The molecule has 2 rings (SSSR count). The van der Waals surface area contributed by atoms with Crippen molar-refractivity contribution in [1.82, 2.24) is 0 Å². The quantitative estimate of drug-likeness (QED) is 0.218. The van der Waals surface area contributed by atoms with Crippen molar-refractivity contribution in [2.45, 2.75) is 65.4 Å². The maximum atomic E-state index is 10.7. The van der Waals surface area contributed by atoms with E-state index in [1.165, 1.54) is 12.0 Å². The number of aliphatic carboxylic acids is 1. The van der Waals surface area contributed by atoms with Gasteiger partial charge in [0.1, 0.15) is 12.4 Å². The summed E-state index contributed by atoms with van der Waals surface area (Å²) < 4.78 is 11.0. The first-order valence-electron chi connectivity index (χ1n) is 11.9. The highest BCUT2D eigenvalue weighted by molar-refractivity contribution is 5.68. The normalized spacial score (nSPS) is 21.6. The maximum absolute atomic E-state index is 10.7. The van der Waals surface area contributed by atoms with Gasteiger partial charge in [0.2, 0.25) is 0 Å². The zero-order valence-corrected chi connectivity index (χ0v) is 20.3. The molecule has 33 heavy (non-hydrogen) atoms. The third kappa shape index (κ3) is 9.56. The number of carbonyl (C=O) groups is 1. The van der Waals surface area contributed by atoms with Crippen LogP contribution in [-0.2, 0) is 9.53 Å². The smallest absolute Gasteiger partial charge is 0.329 e. The van der Waals surface area contributed by atoms with Crippen molar-refractivity contribution in [3.63, 3.8) is 0 Å². The molecule has 0 aromatic heterocycles. The van der Waals surface area contributed by atoms with Crippen LogP contribution in [0.2, 0.25) is 0 Å². The Morgan fingerprint density at radius 3 is 2.70 bits per heavy atom. The molecule has 1 aromatic carbocycles. The lowest BCUT2D eigenvalue weighted by Gasteiger charge is -2.34. The molecule has 1 fully saturated rings. The molecule has 5 nitrogen and oxygen atoms in total. The molecule has 1 saturated carbocycles. The van der Waals surface area contributed by atoms with Crippen LogP contribution in [0.5, 0.6) is 5.75 Å². The Hall–Kier alpha value is -2.37. The van der Waals surface area contributed by atoms with E-state index in [1.54, 1.807) is 0 Å². The largest absolute Gasteiger partial charge is 0.494 e. The monoisotopic (exact) mass is 456 g/mol. The molecular weight excluding hydrogens is 416 g/mol. The van der Waals surface area contributed by atoms with Crippen LogP contribution >= 0.6 is 0 Å². The standard InChI is InChI=1S/C28H40O5/c1-27(2,17-11-20-33-24-13-5-4-6-14-24)25(29)15-8-10-19-28(3)18-9-7-12-23(28)16-21-32-22-26(30)31/h4-6,8,10,13-16,19,25,29H,7,9,11-12,17-18,20-22H2,1-3H3,(H,30,31)/b15-8+,19-10+,23-16+/t25?,28-/m0/s1. The van der Waals surface area contributed by atoms with Crippen LogP contribution in [0.4, 0.5) is 0 Å². The van der Waals surface area contributed by atoms with Gasteiger partial charge in [-0.3, -0.25) is 0 Å². The molecular formula is C28H40O5. The number of benzene rings is 1. The van der Waals surface area contributed by atoms with Gasteiger partial charge in [-0.05, 0) is 49.7 Å². The molecule has 1 aliphatic rings. The SMILES string of the molecule is CC(C)(CCCOc1ccccc1)C(O)/C=C/C=C/[C@]1(C)CCCC/C1=C\COCC(=O)O. The van der Waals surface area contributed by atoms with E-state index >= 15 is 0 Å². The molecule has 5 heteroatoms. The average Bonchev–Trinajstić information content (AvgIpc) is 2.79. The summed E-state index contributed by atoms with van der Waals surface area (Å²) in [6.45, 7) is 7.05. The van der Waals surface area contributed by atoms with E-state index in [2.05, 4.69) is 26.8 Å². The summed E-state index contributed by atoms with van der Waals surface area (Å²) in [6.07, 6.45) is 15.6. The van der Waals surface area contributed by atoms with Crippen molar-refractivity contribution in [3.05, 3.63) is 66.3 Å². The van der Waals surface area contributed by atoms with E-state index in [4.69, 9.17) is 14.6 Å². The molecule has 0 saturated heterocycles. The summed E-state index contributed by atoms with van der Waals surface area (Å²) in [5.74, 6) is -0.0750. The Morgan fingerprint density at radius 1 is 1.21 bits per heavy atom. The maximum Gasteiger partial charge on any atom is 0.329 e. The summed E-state index contributed by atoms with van der Waals surface area (Å²) in [6, 6.07) is 9.79. The Labute approximate surface area is 198 Å². The Morgan fingerprint density at radius 2 is 1.97 bits per heavy atom. The number of rotatable bonds is 13. The number of aliphatic hydroxyl groups is 1. The van der Waals surface area contributed by atoms with E-state index in [1.807, 2.05) is 54.6 Å². The third-order valence-electron chi connectivity index (χ3n) is 6.45. The van der Waals surface area contributed by atoms with Crippen LogP contribution in [-0.4, -0.2) is 42.1 Å². The first-order valence-corrected chi connectivity index (χ1v) is 11.9. The van der Waals surface area contributed by atoms with Crippen molar-refractivity contribution in [2.24, 2.45) is 10.8 Å². The van der Waals surface area contributed by atoms with Crippen LogP contribution < -0.4 is 4.74 Å². The van der Waals surface area contributed by atoms with Crippen molar-refractivity contribution in [1.29, 1.82) is 0 Å². The van der Waals surface area contributed by atoms with Crippen LogP contribution in [0, 0.1) is 10.8 Å². The van der Waals surface area contributed by atoms with E-state index in [9.17, 15) is 9.90 Å². The van der Waals surface area contributed by atoms with Gasteiger partial charge in [0.15, 0.2) is 0 Å². The molecule has 0 bridgehead atoms. The predicted molar refractivity (Wildman–Crippen MR) is 132 cm³/mol. The van der Waals surface area contributed by atoms with Gasteiger partial charge >= 0.3 is 5.97 Å². The number of hydrogen-bond acceptors (Lipinski definition) is 4. The Balaban J connectivity index is 1.83. The lowest BCUT2D eigenvalue weighted by molar-refractivity contribution is -0.141. The van der Waals surface area contributed by atoms with E-state index < -0.39 is 12.1 Å². The molecule has 0 aliphatic heterocycles. The second kappa shape index (κ2) is 13.4. The zero-order chi connectivity index (χ0) is 24.2. The van der Waals surface area contributed by atoms with Crippen molar-refractivity contribution in [3.8, 4) is 5.75 Å². The number of hydrogen-bond donors (Lipinski definition) is 2. The molecule has 0 amide bonds. The fourth-order valence-corrected chi connectivity index (χ4v) is 4.17. The van der Waals surface area contributed by atoms with Crippen LogP contribution in [0.25, 0.3) is 0 Å². The molecule has 0 spiro atoms. The fourth-order valence-electron chi connectivity index (χ4n) is 4.17. The van der Waals surface area contributed by atoms with Gasteiger partial charge in [-0.15, -0.1) is 0 Å². The molecule has 0 radical (unpaired) electrons. The average molecular weight is 457 g/mol. The Bertz CT molecular complexity index is 809. The van der Waals surface area contributed by atoms with Crippen molar-refractivity contribution >= 4 is 5.97 Å². The second-order valence-corrected chi connectivity index (χ2v) is 9.71. The highest BCUT2D eigenvalue weighted by Gasteiger charge is 2.28. The van der Waals surface area contributed by atoms with Gasteiger partial charge in [0.25, 0.3) is 0 Å². The molecule has 0 heterocycles. The minimum Gasteiger partial charge on any atom is -0.494 e. The van der Waals surface area contributed by atoms with Gasteiger partial charge in [-0.25, -0.2) is 4.79 Å². The lowest BCUT2D eigenvalue weighted by Crippen LogP contribution is -2.28. The lowest BCUT2D eigenvalue weighted by atomic mass is 9.71. The first-order chi connectivity index (χ1) is 15.7. The minimum absolute atomic E-state index is 0.0651. The molecule has 1 unspecified atom stereocenters. The fraction of sp³-hybridized carbons (Fsp3) is 0.536. The van der Waals surface area contributed by atoms with Gasteiger partial charge < -0.3 is 19.7 Å². The summed E-state index contributed by atoms with van der Waals surface area (Å²) in [4.78, 5) is 10.6. The highest BCUT2D eigenvalue weighted by atomic mass is 16.5. The summed E-state index contributed by atoms with van der Waals surface area (Å²) in [5, 5.41) is 19.4. The molecule has 1 aromatic rings. The van der Waals surface area contributed by atoms with Crippen molar-refractivity contribution < 1.29 is 24.5 Å². The third-order valence-corrected chi connectivity index (χ3v) is 6.45. The molecule has 2 atom stereocenters. The van der Waals surface area contributed by atoms with Crippen LogP contribution in [0.1, 0.15) is 59.3 Å². The van der Waals surface area contributed by atoms with E-state index in [-0.39, 0.29) is 17.4 Å². The second-order valence-electron chi connectivity index (χ2n) is 9.71. The van der Waals surface area contributed by atoms with Gasteiger partial charge in [-0.2, -0.15) is 0 Å². The topological polar surface area (TPSA) is 76.0 Å². The predicted octanol–water partition coefficient (Wildman–Crippen LogP) is 5.95.